The average Bonchev–Trinajstić information content (AvgIpc) is 2.31. The highest BCUT2D eigenvalue weighted by Crippen LogP contribution is 2.24. The zero-order chi connectivity index (χ0) is 13.8. The molecule has 0 saturated heterocycles. The van der Waals surface area contributed by atoms with Crippen LogP contribution in [0, 0.1) is 0 Å². The van der Waals surface area contributed by atoms with Crippen molar-refractivity contribution in [3.8, 4) is 0 Å². The third kappa shape index (κ3) is 4.15. The highest BCUT2D eigenvalue weighted by atomic mass is 79.9. The minimum atomic E-state index is -3.54. The Hall–Kier alpha value is -0.240. The Kier molecular flexibility index (Phi) is 5.97. The molecular weight excluding hydrogens is 336 g/mol. The molecule has 1 unspecified atom stereocenters. The molecule has 1 rings (SSSR count). The second kappa shape index (κ2) is 6.79. The molecule has 18 heavy (non-hydrogen) atoms. The number of rotatable bonds is 6. The highest BCUT2D eigenvalue weighted by molar-refractivity contribution is 9.10. The Bertz CT molecular complexity index is 506. The molecule has 0 bridgehead atoms. The molecule has 0 fully saturated rings. The van der Waals surface area contributed by atoms with Crippen LogP contribution in [0.1, 0.15) is 13.3 Å². The summed E-state index contributed by atoms with van der Waals surface area (Å²) in [5.74, 6) is 0.746. The number of benzene rings is 1. The lowest BCUT2D eigenvalue weighted by Gasteiger charge is -2.16. The van der Waals surface area contributed by atoms with Crippen molar-refractivity contribution in [1.82, 2.24) is 4.72 Å². The SMILES string of the molecule is CCC(CSC)NS(=O)(=O)c1cc(N)ccc1Br. The fourth-order valence-electron chi connectivity index (χ4n) is 1.45. The van der Waals surface area contributed by atoms with Crippen LogP contribution in [0.2, 0.25) is 0 Å². The van der Waals surface area contributed by atoms with Crippen LogP contribution >= 0.6 is 27.7 Å². The maximum Gasteiger partial charge on any atom is 0.242 e. The number of sulfonamides is 1. The van der Waals surface area contributed by atoms with Gasteiger partial charge in [-0.1, -0.05) is 6.92 Å². The van der Waals surface area contributed by atoms with Crippen LogP contribution < -0.4 is 10.5 Å². The summed E-state index contributed by atoms with van der Waals surface area (Å²) in [5.41, 5.74) is 6.06. The Labute approximate surface area is 121 Å². The van der Waals surface area contributed by atoms with Gasteiger partial charge in [0.2, 0.25) is 10.0 Å². The zero-order valence-corrected chi connectivity index (χ0v) is 13.5. The number of hydrogen-bond donors (Lipinski definition) is 2. The van der Waals surface area contributed by atoms with E-state index < -0.39 is 10.0 Å². The predicted molar refractivity (Wildman–Crippen MR) is 81.3 cm³/mol. The van der Waals surface area contributed by atoms with Crippen LogP contribution in [0.3, 0.4) is 0 Å². The van der Waals surface area contributed by atoms with Gasteiger partial charge in [-0.15, -0.1) is 0 Å². The molecule has 0 aliphatic rings. The zero-order valence-electron chi connectivity index (χ0n) is 10.3. The van der Waals surface area contributed by atoms with E-state index in [0.29, 0.717) is 10.2 Å². The molecule has 0 aliphatic heterocycles. The first-order valence-electron chi connectivity index (χ1n) is 5.47. The molecule has 4 nitrogen and oxygen atoms in total. The maximum absolute atomic E-state index is 12.2. The van der Waals surface area contributed by atoms with Crippen LogP contribution in [0.4, 0.5) is 5.69 Å². The lowest BCUT2D eigenvalue weighted by molar-refractivity contribution is 0.558. The van der Waals surface area contributed by atoms with Crippen LogP contribution in [0.15, 0.2) is 27.6 Å². The van der Waals surface area contributed by atoms with Gasteiger partial charge in [-0.25, -0.2) is 13.1 Å². The summed E-state index contributed by atoms with van der Waals surface area (Å²) >= 11 is 4.85. The first kappa shape index (κ1) is 15.8. The molecule has 102 valence electrons. The van der Waals surface area contributed by atoms with Gasteiger partial charge in [0.05, 0.1) is 4.90 Å². The van der Waals surface area contributed by atoms with E-state index in [1.165, 1.54) is 6.07 Å². The Morgan fingerprint density at radius 3 is 2.72 bits per heavy atom. The average molecular weight is 353 g/mol. The van der Waals surface area contributed by atoms with Crippen LogP contribution in [-0.2, 0) is 10.0 Å². The summed E-state index contributed by atoms with van der Waals surface area (Å²) in [6.07, 6.45) is 2.70. The molecule has 0 amide bonds. The fraction of sp³-hybridized carbons (Fsp3) is 0.455. The van der Waals surface area contributed by atoms with Gasteiger partial charge < -0.3 is 5.73 Å². The summed E-state index contributed by atoms with van der Waals surface area (Å²) in [6, 6.07) is 4.68. The van der Waals surface area contributed by atoms with Crippen molar-refractivity contribution < 1.29 is 8.42 Å². The molecule has 3 N–H and O–H groups in total. The summed E-state index contributed by atoms with van der Waals surface area (Å²) in [6.45, 7) is 1.96. The van der Waals surface area contributed by atoms with Crippen molar-refractivity contribution in [2.24, 2.45) is 0 Å². The Balaban J connectivity index is 3.02. The van der Waals surface area contributed by atoms with Gasteiger partial charge in [0.25, 0.3) is 0 Å². The van der Waals surface area contributed by atoms with E-state index in [1.807, 2.05) is 13.2 Å². The molecule has 0 heterocycles. The maximum atomic E-state index is 12.2. The monoisotopic (exact) mass is 352 g/mol. The number of thioether (sulfide) groups is 1. The van der Waals surface area contributed by atoms with E-state index in [1.54, 1.807) is 23.9 Å². The minimum Gasteiger partial charge on any atom is -0.399 e. The largest absolute Gasteiger partial charge is 0.399 e. The fourth-order valence-corrected chi connectivity index (χ4v) is 4.59. The second-order valence-electron chi connectivity index (χ2n) is 3.87. The van der Waals surface area contributed by atoms with Gasteiger partial charge in [-0.3, -0.25) is 0 Å². The van der Waals surface area contributed by atoms with Gasteiger partial charge in [0.1, 0.15) is 0 Å². The van der Waals surface area contributed by atoms with Crippen molar-refractivity contribution >= 4 is 43.4 Å². The molecule has 0 spiro atoms. The molecule has 1 aromatic carbocycles. The normalized spacial score (nSPS) is 13.5. The van der Waals surface area contributed by atoms with Crippen molar-refractivity contribution in [3.05, 3.63) is 22.7 Å². The van der Waals surface area contributed by atoms with Crippen LogP contribution in [-0.4, -0.2) is 26.5 Å². The summed E-state index contributed by atoms with van der Waals surface area (Å²) in [4.78, 5) is 0.182. The number of anilines is 1. The van der Waals surface area contributed by atoms with E-state index in [4.69, 9.17) is 5.73 Å². The van der Waals surface area contributed by atoms with Crippen molar-refractivity contribution in [1.29, 1.82) is 0 Å². The van der Waals surface area contributed by atoms with Gasteiger partial charge >= 0.3 is 0 Å². The summed E-state index contributed by atoms with van der Waals surface area (Å²) in [5, 5.41) is 0. The number of hydrogen-bond acceptors (Lipinski definition) is 4. The van der Waals surface area contributed by atoms with Crippen molar-refractivity contribution in [2.75, 3.05) is 17.7 Å². The lowest BCUT2D eigenvalue weighted by Crippen LogP contribution is -2.36. The number of nitrogens with two attached hydrogens (primary N) is 1. The molecule has 7 heteroatoms. The van der Waals surface area contributed by atoms with Gasteiger partial charge in [0, 0.05) is 22.0 Å². The standard InChI is InChI=1S/C11H17BrN2O2S2/c1-3-9(7-17-2)14-18(15,16)11-6-8(13)4-5-10(11)12/h4-6,9,14H,3,7,13H2,1-2H3. The number of halogens is 1. The number of nitrogen functional groups attached to an aromatic ring is 1. The van der Waals surface area contributed by atoms with Gasteiger partial charge in [-0.2, -0.15) is 11.8 Å². The molecular formula is C11H17BrN2O2S2. The van der Waals surface area contributed by atoms with Crippen molar-refractivity contribution in [3.63, 3.8) is 0 Å². The van der Waals surface area contributed by atoms with E-state index >= 15 is 0 Å². The third-order valence-electron chi connectivity index (χ3n) is 2.43. The van der Waals surface area contributed by atoms with Crippen LogP contribution in [0.5, 0.6) is 0 Å². The van der Waals surface area contributed by atoms with Gasteiger partial charge in [0.15, 0.2) is 0 Å². The quantitative estimate of drug-likeness (QED) is 0.771. The first-order chi connectivity index (χ1) is 8.40. The second-order valence-corrected chi connectivity index (χ2v) is 7.32. The lowest BCUT2D eigenvalue weighted by atomic mass is 10.3. The Morgan fingerprint density at radius 2 is 2.17 bits per heavy atom. The Morgan fingerprint density at radius 1 is 1.50 bits per heavy atom. The topological polar surface area (TPSA) is 72.2 Å². The first-order valence-corrected chi connectivity index (χ1v) is 9.14. The molecule has 0 saturated carbocycles. The van der Waals surface area contributed by atoms with Crippen molar-refractivity contribution in [2.45, 2.75) is 24.3 Å². The van der Waals surface area contributed by atoms with Gasteiger partial charge in [-0.05, 0) is 46.8 Å². The minimum absolute atomic E-state index is 0.0710. The summed E-state index contributed by atoms with van der Waals surface area (Å²) in [7, 11) is -3.54. The number of nitrogens with one attached hydrogen (secondary N) is 1. The van der Waals surface area contributed by atoms with Crippen LogP contribution in [0.25, 0.3) is 0 Å². The third-order valence-corrected chi connectivity index (χ3v) is 5.68. The molecule has 1 atom stereocenters. The van der Waals surface area contributed by atoms with E-state index in [-0.39, 0.29) is 10.9 Å². The highest BCUT2D eigenvalue weighted by Gasteiger charge is 2.21. The molecule has 1 aromatic rings. The predicted octanol–water partition coefficient (Wildman–Crippen LogP) is 2.45. The van der Waals surface area contributed by atoms with E-state index in [0.717, 1.165) is 12.2 Å². The molecule has 0 aliphatic carbocycles. The molecule has 0 aromatic heterocycles. The van der Waals surface area contributed by atoms with E-state index in [2.05, 4.69) is 20.7 Å². The smallest absolute Gasteiger partial charge is 0.242 e. The van der Waals surface area contributed by atoms with E-state index in [9.17, 15) is 8.42 Å². The summed E-state index contributed by atoms with van der Waals surface area (Å²) < 4.78 is 27.7. The molecule has 0 radical (unpaired) electrons.